The number of amides is 3. The van der Waals surface area contributed by atoms with Crippen molar-refractivity contribution in [2.75, 3.05) is 41.0 Å². The molecule has 184 valence electrons. The van der Waals surface area contributed by atoms with Crippen LogP contribution >= 0.6 is 11.8 Å². The Morgan fingerprint density at radius 3 is 2.54 bits per heavy atom. The minimum Gasteiger partial charge on any atom is -0.493 e. The first kappa shape index (κ1) is 24.5. The Morgan fingerprint density at radius 1 is 1.14 bits per heavy atom. The van der Waals surface area contributed by atoms with Crippen LogP contribution in [0.2, 0.25) is 0 Å². The van der Waals surface area contributed by atoms with E-state index in [0.29, 0.717) is 35.8 Å². The summed E-state index contributed by atoms with van der Waals surface area (Å²) in [6.07, 6.45) is 2.19. The second-order valence-electron chi connectivity index (χ2n) is 7.90. The van der Waals surface area contributed by atoms with E-state index < -0.39 is 11.1 Å². The number of hydrogen-bond donors (Lipinski definition) is 1. The highest BCUT2D eigenvalue weighted by Crippen LogP contribution is 2.40. The highest BCUT2D eigenvalue weighted by molar-refractivity contribution is 8.18. The van der Waals surface area contributed by atoms with Crippen LogP contribution in [0.5, 0.6) is 23.0 Å². The normalized spacial score (nSPS) is 18.2. The van der Waals surface area contributed by atoms with Gasteiger partial charge in [0.25, 0.3) is 11.1 Å². The van der Waals surface area contributed by atoms with E-state index in [1.54, 1.807) is 18.2 Å². The van der Waals surface area contributed by atoms with Gasteiger partial charge >= 0.3 is 0 Å². The van der Waals surface area contributed by atoms with Crippen LogP contribution in [-0.2, 0) is 16.0 Å². The van der Waals surface area contributed by atoms with Gasteiger partial charge in [0.05, 0.1) is 32.2 Å². The maximum Gasteiger partial charge on any atom is 0.293 e. The lowest BCUT2D eigenvalue weighted by Crippen LogP contribution is -2.42. The molecule has 1 atom stereocenters. The number of thioether (sulfide) groups is 1. The highest BCUT2D eigenvalue weighted by atomic mass is 32.2. The number of carbonyl (C=O) groups excluding carboxylic acids is 3. The van der Waals surface area contributed by atoms with E-state index in [2.05, 4.69) is 5.32 Å². The number of benzene rings is 2. The van der Waals surface area contributed by atoms with Gasteiger partial charge < -0.3 is 24.3 Å². The molecule has 1 saturated heterocycles. The summed E-state index contributed by atoms with van der Waals surface area (Å²) in [6, 6.07) is 11.0. The van der Waals surface area contributed by atoms with E-state index in [4.69, 9.17) is 18.9 Å². The molecule has 2 aliphatic heterocycles. The van der Waals surface area contributed by atoms with Crippen molar-refractivity contribution in [3.05, 3.63) is 52.4 Å². The van der Waals surface area contributed by atoms with Gasteiger partial charge in [-0.05, 0) is 53.6 Å². The third-order valence-corrected chi connectivity index (χ3v) is 6.65. The molecule has 2 heterocycles. The van der Waals surface area contributed by atoms with Crippen molar-refractivity contribution in [1.29, 1.82) is 0 Å². The zero-order chi connectivity index (χ0) is 24.9. The molecule has 1 fully saturated rings. The van der Waals surface area contributed by atoms with E-state index in [1.165, 1.54) is 21.3 Å². The molecule has 0 radical (unpaired) electrons. The van der Waals surface area contributed by atoms with Crippen LogP contribution in [0.15, 0.2) is 41.3 Å². The number of rotatable bonds is 8. The average molecular weight is 499 g/mol. The monoisotopic (exact) mass is 498 g/mol. The molecule has 0 saturated carbocycles. The van der Waals surface area contributed by atoms with E-state index in [0.717, 1.165) is 28.0 Å². The van der Waals surface area contributed by atoms with Crippen molar-refractivity contribution >= 4 is 34.9 Å². The van der Waals surface area contributed by atoms with Crippen LogP contribution in [0.4, 0.5) is 4.79 Å². The number of para-hydroxylation sites is 1. The fraction of sp³-hybridized carbons (Fsp3) is 0.320. The predicted octanol–water partition coefficient (Wildman–Crippen LogP) is 3.12. The summed E-state index contributed by atoms with van der Waals surface area (Å²) >= 11 is 0.846. The van der Waals surface area contributed by atoms with Crippen LogP contribution < -0.4 is 24.3 Å². The smallest absolute Gasteiger partial charge is 0.293 e. The van der Waals surface area contributed by atoms with Crippen molar-refractivity contribution < 1.29 is 33.3 Å². The Bertz CT molecular complexity index is 1160. The number of ether oxygens (including phenoxy) is 4. The molecule has 10 heteroatoms. The Hall–Kier alpha value is -3.66. The Morgan fingerprint density at radius 2 is 1.86 bits per heavy atom. The molecule has 0 aliphatic carbocycles. The van der Waals surface area contributed by atoms with Crippen LogP contribution in [-0.4, -0.2) is 63.0 Å². The zero-order valence-electron chi connectivity index (χ0n) is 19.7. The molecule has 9 nitrogen and oxygen atoms in total. The number of carbonyl (C=O) groups is 3. The van der Waals surface area contributed by atoms with Crippen molar-refractivity contribution in [3.8, 4) is 23.0 Å². The van der Waals surface area contributed by atoms with Gasteiger partial charge in [-0.15, -0.1) is 0 Å². The van der Waals surface area contributed by atoms with Gasteiger partial charge in [-0.3, -0.25) is 19.3 Å². The molecule has 1 N–H and O–H groups in total. The summed E-state index contributed by atoms with van der Waals surface area (Å²) < 4.78 is 21.7. The zero-order valence-corrected chi connectivity index (χ0v) is 20.5. The summed E-state index contributed by atoms with van der Waals surface area (Å²) in [5, 5.41) is 2.43. The minimum absolute atomic E-state index is 0.0766. The molecule has 35 heavy (non-hydrogen) atoms. The second-order valence-corrected chi connectivity index (χ2v) is 8.90. The molecular formula is C25H26N2O7S. The number of nitrogens with one attached hydrogen (secondary N) is 1. The maximum absolute atomic E-state index is 12.9. The fourth-order valence-corrected chi connectivity index (χ4v) is 4.83. The molecule has 0 bridgehead atoms. The summed E-state index contributed by atoms with van der Waals surface area (Å²) in [6.45, 7) is 0.529. The number of imide groups is 1. The lowest BCUT2D eigenvalue weighted by atomic mass is 9.96. The van der Waals surface area contributed by atoms with Gasteiger partial charge in [0.15, 0.2) is 11.5 Å². The van der Waals surface area contributed by atoms with Gasteiger partial charge in [0.2, 0.25) is 11.7 Å². The summed E-state index contributed by atoms with van der Waals surface area (Å²) in [4.78, 5) is 39.3. The van der Waals surface area contributed by atoms with Crippen molar-refractivity contribution in [2.45, 2.75) is 6.42 Å². The number of methoxy groups -OCH3 is 3. The van der Waals surface area contributed by atoms with Crippen molar-refractivity contribution in [2.24, 2.45) is 5.92 Å². The molecule has 4 rings (SSSR count). The third-order valence-electron chi connectivity index (χ3n) is 5.74. The molecular weight excluding hydrogens is 472 g/mol. The average Bonchev–Trinajstić information content (AvgIpc) is 3.14. The SMILES string of the molecule is COc1cc(/C=C2\SC(=O)N(CCNC(=O)C3COc4ccccc4C3)C2=O)cc(OC)c1OC. The number of fused-ring (bicyclic) bond motifs is 1. The molecule has 2 aromatic rings. The van der Waals surface area contributed by atoms with Crippen molar-refractivity contribution in [3.63, 3.8) is 0 Å². The van der Waals surface area contributed by atoms with Crippen LogP contribution in [0.1, 0.15) is 11.1 Å². The van der Waals surface area contributed by atoms with E-state index in [-0.39, 0.29) is 29.8 Å². The van der Waals surface area contributed by atoms with Crippen LogP contribution in [0, 0.1) is 5.92 Å². The van der Waals surface area contributed by atoms with E-state index >= 15 is 0 Å². The standard InChI is InChI=1S/C25H26N2O7S/c1-31-19-10-15(11-20(32-2)22(19)33-3)12-21-24(29)27(25(30)35-21)9-8-26-23(28)17-13-16-6-4-5-7-18(16)34-14-17/h4-7,10-12,17H,8-9,13-14H2,1-3H3,(H,26,28)/b21-12-. The molecule has 2 aromatic carbocycles. The molecule has 2 aliphatic rings. The van der Waals surface area contributed by atoms with Gasteiger partial charge in [0, 0.05) is 13.1 Å². The predicted molar refractivity (Wildman–Crippen MR) is 131 cm³/mol. The van der Waals surface area contributed by atoms with Crippen molar-refractivity contribution in [1.82, 2.24) is 10.2 Å². The van der Waals surface area contributed by atoms with Crippen LogP contribution in [0.3, 0.4) is 0 Å². The number of nitrogens with zero attached hydrogens (tertiary/aromatic N) is 1. The highest BCUT2D eigenvalue weighted by Gasteiger charge is 2.35. The Kier molecular flexibility index (Phi) is 7.50. The van der Waals surface area contributed by atoms with Gasteiger partial charge in [0.1, 0.15) is 12.4 Å². The first-order chi connectivity index (χ1) is 16.9. The lowest BCUT2D eigenvalue weighted by molar-refractivity contribution is -0.127. The Balaban J connectivity index is 1.37. The molecule has 1 unspecified atom stereocenters. The lowest BCUT2D eigenvalue weighted by Gasteiger charge is -2.24. The number of hydrogen-bond acceptors (Lipinski definition) is 8. The van der Waals surface area contributed by atoms with Gasteiger partial charge in [-0.1, -0.05) is 18.2 Å². The third kappa shape index (κ3) is 5.22. The summed E-state index contributed by atoms with van der Waals surface area (Å²) in [5.41, 5.74) is 1.61. The first-order valence-electron chi connectivity index (χ1n) is 11.0. The Labute approximate surface area is 207 Å². The minimum atomic E-state index is -0.419. The topological polar surface area (TPSA) is 103 Å². The largest absolute Gasteiger partial charge is 0.493 e. The maximum atomic E-state index is 12.9. The van der Waals surface area contributed by atoms with Gasteiger partial charge in [-0.2, -0.15) is 0 Å². The van der Waals surface area contributed by atoms with Crippen LogP contribution in [0.25, 0.3) is 6.08 Å². The molecule has 3 amide bonds. The van der Waals surface area contributed by atoms with E-state index in [9.17, 15) is 14.4 Å². The fourth-order valence-electron chi connectivity index (χ4n) is 3.96. The summed E-state index contributed by atoms with van der Waals surface area (Å²) in [7, 11) is 4.51. The summed E-state index contributed by atoms with van der Waals surface area (Å²) in [5.74, 6) is 1.21. The quantitative estimate of drug-likeness (QED) is 0.554. The van der Waals surface area contributed by atoms with E-state index in [1.807, 2.05) is 24.3 Å². The second kappa shape index (κ2) is 10.7. The molecule has 0 spiro atoms. The first-order valence-corrected chi connectivity index (χ1v) is 11.8. The van der Waals surface area contributed by atoms with Gasteiger partial charge in [-0.25, -0.2) is 0 Å². The molecule has 0 aromatic heterocycles.